The van der Waals surface area contributed by atoms with Crippen LogP contribution < -0.4 is 4.90 Å². The van der Waals surface area contributed by atoms with Gasteiger partial charge in [0.2, 0.25) is 0 Å². The van der Waals surface area contributed by atoms with Crippen LogP contribution in [0.1, 0.15) is 25.0 Å². The molecule has 9 rings (SSSR count). The van der Waals surface area contributed by atoms with Gasteiger partial charge in [0.25, 0.3) is 0 Å². The minimum atomic E-state index is -0.0939. The summed E-state index contributed by atoms with van der Waals surface area (Å²) < 4.78 is 0. The first kappa shape index (κ1) is 29.9. The molecule has 0 saturated heterocycles. The Kier molecular flexibility index (Phi) is 7.21. The summed E-state index contributed by atoms with van der Waals surface area (Å²) in [5.41, 5.74) is 16.1. The van der Waals surface area contributed by atoms with Crippen molar-refractivity contribution in [3.63, 3.8) is 0 Å². The first-order valence-corrected chi connectivity index (χ1v) is 17.4. The zero-order valence-corrected chi connectivity index (χ0v) is 28.3. The normalized spacial score (nSPS) is 12.8. The van der Waals surface area contributed by atoms with Gasteiger partial charge in [-0.2, -0.15) is 0 Å². The molecule has 0 unspecified atom stereocenters. The molecule has 0 atom stereocenters. The van der Waals surface area contributed by atoms with Gasteiger partial charge in [0.1, 0.15) is 0 Å². The lowest BCUT2D eigenvalue weighted by Crippen LogP contribution is -2.16. The average Bonchev–Trinajstić information content (AvgIpc) is 3.41. The summed E-state index contributed by atoms with van der Waals surface area (Å²) in [7, 11) is 0. The highest BCUT2D eigenvalue weighted by molar-refractivity contribution is 6.05. The number of anilines is 3. The predicted molar refractivity (Wildman–Crippen MR) is 213 cm³/mol. The van der Waals surface area contributed by atoms with Crippen LogP contribution in [0, 0.1) is 0 Å². The van der Waals surface area contributed by atoms with Crippen LogP contribution in [0.4, 0.5) is 17.1 Å². The van der Waals surface area contributed by atoms with E-state index in [0.717, 1.165) is 17.1 Å². The Morgan fingerprint density at radius 1 is 0.340 bits per heavy atom. The minimum absolute atomic E-state index is 0.0939. The highest BCUT2D eigenvalue weighted by Gasteiger charge is 2.35. The predicted octanol–water partition coefficient (Wildman–Crippen LogP) is 13.6. The molecule has 1 aliphatic rings. The number of rotatable bonds is 6. The number of hydrogen-bond donors (Lipinski definition) is 0. The number of benzene rings is 8. The van der Waals surface area contributed by atoms with Crippen LogP contribution in [0.2, 0.25) is 0 Å². The van der Waals surface area contributed by atoms with E-state index in [1.54, 1.807) is 0 Å². The lowest BCUT2D eigenvalue weighted by molar-refractivity contribution is 0.660. The fourth-order valence-corrected chi connectivity index (χ4v) is 8.00. The zero-order chi connectivity index (χ0) is 33.7. The van der Waals surface area contributed by atoms with Crippen LogP contribution in [-0.4, -0.2) is 0 Å². The average molecular weight is 640 g/mol. The summed E-state index contributed by atoms with van der Waals surface area (Å²) in [6.07, 6.45) is 0. The Morgan fingerprint density at radius 3 is 1.46 bits per heavy atom. The van der Waals surface area contributed by atoms with Crippen LogP contribution in [-0.2, 0) is 5.41 Å². The molecule has 0 aromatic heterocycles. The molecule has 0 aliphatic heterocycles. The summed E-state index contributed by atoms with van der Waals surface area (Å²) in [6, 6.07) is 68.5. The minimum Gasteiger partial charge on any atom is -0.310 e. The van der Waals surface area contributed by atoms with Gasteiger partial charge in [-0.1, -0.05) is 172 Å². The van der Waals surface area contributed by atoms with Crippen molar-refractivity contribution in [2.24, 2.45) is 0 Å². The summed E-state index contributed by atoms with van der Waals surface area (Å²) in [6.45, 7) is 4.71. The van der Waals surface area contributed by atoms with Gasteiger partial charge in [-0.25, -0.2) is 0 Å². The summed E-state index contributed by atoms with van der Waals surface area (Å²) in [5.74, 6) is 0. The van der Waals surface area contributed by atoms with E-state index in [1.165, 1.54) is 66.4 Å². The Bertz CT molecular complexity index is 2490. The van der Waals surface area contributed by atoms with Crippen LogP contribution in [0.5, 0.6) is 0 Å². The van der Waals surface area contributed by atoms with Crippen LogP contribution in [0.25, 0.3) is 55.3 Å². The lowest BCUT2D eigenvalue weighted by atomic mass is 9.82. The second kappa shape index (κ2) is 12.1. The Hall–Kier alpha value is -6.18. The topological polar surface area (TPSA) is 3.24 Å². The van der Waals surface area contributed by atoms with E-state index in [1.807, 2.05) is 0 Å². The van der Waals surface area contributed by atoms with E-state index in [9.17, 15) is 0 Å². The fraction of sp³-hybridized carbons (Fsp3) is 0.0612. The molecular weight excluding hydrogens is 603 g/mol. The molecule has 8 aromatic rings. The zero-order valence-electron chi connectivity index (χ0n) is 28.3. The van der Waals surface area contributed by atoms with Gasteiger partial charge in [0, 0.05) is 22.4 Å². The molecule has 0 heterocycles. The molecule has 0 N–H and O–H groups in total. The van der Waals surface area contributed by atoms with Crippen LogP contribution in [0.15, 0.2) is 188 Å². The van der Waals surface area contributed by atoms with Crippen molar-refractivity contribution in [2.75, 3.05) is 4.90 Å². The molecule has 1 nitrogen and oxygen atoms in total. The Balaban J connectivity index is 1.19. The van der Waals surface area contributed by atoms with Gasteiger partial charge < -0.3 is 4.90 Å². The molecule has 0 saturated carbocycles. The van der Waals surface area contributed by atoms with Gasteiger partial charge in [-0.3, -0.25) is 0 Å². The van der Waals surface area contributed by atoms with Crippen molar-refractivity contribution in [3.05, 3.63) is 199 Å². The molecule has 0 fully saturated rings. The maximum Gasteiger partial charge on any atom is 0.0540 e. The van der Waals surface area contributed by atoms with Crippen molar-refractivity contribution in [1.29, 1.82) is 0 Å². The third-order valence-corrected chi connectivity index (χ3v) is 10.5. The Labute approximate surface area is 294 Å². The smallest absolute Gasteiger partial charge is 0.0540 e. The van der Waals surface area contributed by atoms with Crippen molar-refractivity contribution < 1.29 is 0 Å². The highest BCUT2D eigenvalue weighted by Crippen LogP contribution is 2.51. The largest absolute Gasteiger partial charge is 0.310 e. The highest BCUT2D eigenvalue weighted by atomic mass is 15.1. The quantitative estimate of drug-likeness (QED) is 0.175. The molecule has 0 amide bonds. The van der Waals surface area contributed by atoms with E-state index in [4.69, 9.17) is 0 Å². The molecule has 0 radical (unpaired) electrons. The maximum atomic E-state index is 2.43. The Morgan fingerprint density at radius 2 is 0.800 bits per heavy atom. The molecule has 0 bridgehead atoms. The molecule has 50 heavy (non-hydrogen) atoms. The summed E-state index contributed by atoms with van der Waals surface area (Å²) in [4.78, 5) is 2.43. The third kappa shape index (κ3) is 4.94. The molecule has 0 spiro atoms. The second-order valence-corrected chi connectivity index (χ2v) is 13.7. The molecule has 8 aromatic carbocycles. The molecule has 1 heteroatoms. The van der Waals surface area contributed by atoms with Gasteiger partial charge in [0.05, 0.1) is 5.69 Å². The maximum absolute atomic E-state index is 2.43. The molecular formula is C49H37N. The van der Waals surface area contributed by atoms with Crippen LogP contribution >= 0.6 is 0 Å². The first-order chi connectivity index (χ1) is 24.6. The van der Waals surface area contributed by atoms with Gasteiger partial charge in [0.15, 0.2) is 0 Å². The third-order valence-electron chi connectivity index (χ3n) is 10.5. The molecule has 1 aliphatic carbocycles. The van der Waals surface area contributed by atoms with E-state index in [-0.39, 0.29) is 5.41 Å². The number of hydrogen-bond acceptors (Lipinski definition) is 1. The van der Waals surface area contributed by atoms with Crippen LogP contribution in [0.3, 0.4) is 0 Å². The number of nitrogens with zero attached hydrogens (tertiary/aromatic N) is 1. The summed E-state index contributed by atoms with van der Waals surface area (Å²) >= 11 is 0. The fourth-order valence-electron chi connectivity index (χ4n) is 8.00. The van der Waals surface area contributed by atoms with Crippen molar-refractivity contribution in [2.45, 2.75) is 19.3 Å². The second-order valence-electron chi connectivity index (χ2n) is 13.7. The number of fused-ring (bicyclic) bond motifs is 4. The van der Waals surface area contributed by atoms with E-state index >= 15 is 0 Å². The van der Waals surface area contributed by atoms with Crippen molar-refractivity contribution >= 4 is 27.8 Å². The lowest BCUT2D eigenvalue weighted by Gasteiger charge is -2.30. The van der Waals surface area contributed by atoms with Gasteiger partial charge in [-0.15, -0.1) is 0 Å². The van der Waals surface area contributed by atoms with E-state index in [2.05, 4.69) is 207 Å². The van der Waals surface area contributed by atoms with Gasteiger partial charge in [-0.05, 0) is 91.2 Å². The monoisotopic (exact) mass is 639 g/mol. The van der Waals surface area contributed by atoms with E-state index < -0.39 is 0 Å². The standard InChI is InChI=1S/C49H37N/c1-49(2)46-23-13-11-22-44(46)45-30-29-38(33-47(45)49)50(48-24-14-12-19-41(48)35-17-7-4-8-18-35)37-27-25-36(26-28-37)40-32-31-39(34-15-5-3-6-16-34)42-20-9-10-21-43(40)42/h3-33H,1-2H3. The van der Waals surface area contributed by atoms with Crippen molar-refractivity contribution in [3.8, 4) is 44.5 Å². The molecule has 238 valence electrons. The van der Waals surface area contributed by atoms with E-state index in [0.29, 0.717) is 0 Å². The summed E-state index contributed by atoms with van der Waals surface area (Å²) in [5, 5.41) is 2.52. The van der Waals surface area contributed by atoms with Gasteiger partial charge >= 0.3 is 0 Å². The van der Waals surface area contributed by atoms with Crippen molar-refractivity contribution in [1.82, 2.24) is 0 Å². The SMILES string of the molecule is CC1(C)c2ccccc2-c2ccc(N(c3ccc(-c4ccc(-c5ccccc5)c5ccccc45)cc3)c3ccccc3-c3ccccc3)cc21. The first-order valence-electron chi connectivity index (χ1n) is 17.4. The number of para-hydroxylation sites is 1.